The molecule has 1 N–H and O–H groups in total. The van der Waals surface area contributed by atoms with Crippen molar-refractivity contribution in [2.24, 2.45) is 0 Å². The van der Waals surface area contributed by atoms with Gasteiger partial charge in [0.25, 0.3) is 0 Å². The summed E-state index contributed by atoms with van der Waals surface area (Å²) in [5.41, 5.74) is 1.62. The number of amides is 1. The van der Waals surface area contributed by atoms with Crippen molar-refractivity contribution >= 4 is 23.1 Å². The second-order valence-corrected chi connectivity index (χ2v) is 5.02. The molecule has 2 aromatic carbocycles. The van der Waals surface area contributed by atoms with Gasteiger partial charge in [0.1, 0.15) is 5.82 Å². The van der Waals surface area contributed by atoms with E-state index in [0.717, 1.165) is 0 Å². The number of hydrogen-bond donors (Lipinski definition) is 1. The number of hydrogen-bond acceptors (Lipinski definition) is 3. The van der Waals surface area contributed by atoms with Crippen LogP contribution in [0.4, 0.5) is 4.39 Å². The number of carbonyl (C=O) groups excluding carboxylic acids is 2. The lowest BCUT2D eigenvalue weighted by Crippen LogP contribution is -2.22. The van der Waals surface area contributed by atoms with Crippen LogP contribution in [0, 0.1) is 5.82 Å². The summed E-state index contributed by atoms with van der Waals surface area (Å²) in [6, 6.07) is 14.4. The van der Waals surface area contributed by atoms with Gasteiger partial charge < -0.3 is 10.1 Å². The molecule has 1 amide bonds. The van der Waals surface area contributed by atoms with Crippen LogP contribution in [-0.4, -0.2) is 18.5 Å². The first-order chi connectivity index (χ1) is 11.5. The van der Waals surface area contributed by atoms with Crippen molar-refractivity contribution in [1.82, 2.24) is 5.32 Å². The van der Waals surface area contributed by atoms with Crippen LogP contribution in [0.2, 0.25) is 0 Å². The summed E-state index contributed by atoms with van der Waals surface area (Å²) in [6.45, 7) is 3.25. The summed E-state index contributed by atoms with van der Waals surface area (Å²) in [5.74, 6) is -1.30. The maximum Gasteiger partial charge on any atom is 0.340 e. The Morgan fingerprint density at radius 3 is 2.17 bits per heavy atom. The van der Waals surface area contributed by atoms with E-state index >= 15 is 0 Å². The average molecular weight is 327 g/mol. The maximum atomic E-state index is 13.2. The molecule has 0 saturated carbocycles. The topological polar surface area (TPSA) is 55.4 Å². The number of carbonyl (C=O) groups is 2. The van der Waals surface area contributed by atoms with E-state index in [-0.39, 0.29) is 23.8 Å². The Balaban J connectivity index is 2.69. The van der Waals surface area contributed by atoms with E-state index in [4.69, 9.17) is 4.74 Å². The van der Waals surface area contributed by atoms with Gasteiger partial charge in [-0.2, -0.15) is 0 Å². The van der Waals surface area contributed by atoms with E-state index in [1.54, 1.807) is 31.2 Å². The Morgan fingerprint density at radius 1 is 1.00 bits per heavy atom. The molecule has 0 aliphatic carbocycles. The van der Waals surface area contributed by atoms with Gasteiger partial charge in [-0.15, -0.1) is 0 Å². The number of nitrogens with one attached hydrogen (secondary N) is 1. The molecule has 4 nitrogen and oxygen atoms in total. The van der Waals surface area contributed by atoms with Crippen molar-refractivity contribution in [3.63, 3.8) is 0 Å². The Bertz CT molecular complexity index is 752. The van der Waals surface area contributed by atoms with Gasteiger partial charge in [-0.1, -0.05) is 30.3 Å². The molecule has 2 rings (SSSR count). The Kier molecular flexibility index (Phi) is 5.84. The third kappa shape index (κ3) is 4.29. The molecule has 0 fully saturated rings. The molecule has 0 bridgehead atoms. The summed E-state index contributed by atoms with van der Waals surface area (Å²) in [7, 11) is 0. The van der Waals surface area contributed by atoms with Crippen LogP contribution >= 0.6 is 0 Å². The van der Waals surface area contributed by atoms with E-state index in [1.807, 2.05) is 6.07 Å². The van der Waals surface area contributed by atoms with Gasteiger partial charge in [0.15, 0.2) is 0 Å². The average Bonchev–Trinajstić information content (AvgIpc) is 2.56. The summed E-state index contributed by atoms with van der Waals surface area (Å²) in [4.78, 5) is 24.1. The lowest BCUT2D eigenvalue weighted by atomic mass is 9.99. The summed E-state index contributed by atoms with van der Waals surface area (Å²) < 4.78 is 18.4. The molecule has 0 aliphatic rings. The number of ether oxygens (including phenoxy) is 1. The molecular weight excluding hydrogens is 309 g/mol. The number of halogens is 1. The summed E-state index contributed by atoms with van der Waals surface area (Å²) >= 11 is 0. The van der Waals surface area contributed by atoms with Gasteiger partial charge in [0, 0.05) is 6.92 Å². The molecule has 0 radical (unpaired) electrons. The fraction of sp³-hybridized carbons (Fsp3) is 0.158. The number of rotatable bonds is 5. The van der Waals surface area contributed by atoms with Crippen LogP contribution in [-0.2, 0) is 14.3 Å². The molecule has 0 aliphatic heterocycles. The molecule has 0 heterocycles. The predicted molar refractivity (Wildman–Crippen MR) is 90.1 cm³/mol. The van der Waals surface area contributed by atoms with E-state index in [0.29, 0.717) is 11.1 Å². The summed E-state index contributed by atoms with van der Waals surface area (Å²) in [5, 5.41) is 2.67. The van der Waals surface area contributed by atoms with Crippen LogP contribution in [0.3, 0.4) is 0 Å². The van der Waals surface area contributed by atoms with Gasteiger partial charge in [-0.25, -0.2) is 9.18 Å². The molecule has 0 atom stereocenters. The third-order valence-electron chi connectivity index (χ3n) is 3.23. The van der Waals surface area contributed by atoms with Gasteiger partial charge >= 0.3 is 5.97 Å². The van der Waals surface area contributed by atoms with Gasteiger partial charge in [0.05, 0.1) is 17.9 Å². The zero-order valence-electron chi connectivity index (χ0n) is 13.5. The van der Waals surface area contributed by atoms with Crippen LogP contribution in [0.25, 0.3) is 11.3 Å². The molecule has 2 aromatic rings. The quantitative estimate of drug-likeness (QED) is 0.520. The highest BCUT2D eigenvalue weighted by molar-refractivity contribution is 6.25. The molecule has 0 saturated heterocycles. The van der Waals surface area contributed by atoms with Gasteiger partial charge in [0.2, 0.25) is 5.91 Å². The Morgan fingerprint density at radius 2 is 1.62 bits per heavy atom. The Labute approximate surface area is 140 Å². The van der Waals surface area contributed by atoms with Crippen molar-refractivity contribution in [3.8, 4) is 0 Å². The van der Waals surface area contributed by atoms with Crippen LogP contribution in [0.1, 0.15) is 25.0 Å². The van der Waals surface area contributed by atoms with Crippen molar-refractivity contribution in [1.29, 1.82) is 0 Å². The lowest BCUT2D eigenvalue weighted by Gasteiger charge is -2.16. The summed E-state index contributed by atoms with van der Waals surface area (Å²) in [6.07, 6.45) is 0. The van der Waals surface area contributed by atoms with Crippen molar-refractivity contribution < 1.29 is 18.7 Å². The first-order valence-electron chi connectivity index (χ1n) is 7.53. The number of benzene rings is 2. The highest BCUT2D eigenvalue weighted by Gasteiger charge is 2.21. The molecular formula is C19H18FNO3. The monoisotopic (exact) mass is 327 g/mol. The second kappa shape index (κ2) is 8.06. The standard InChI is InChI=1S/C19H18FNO3/c1-3-24-19(23)17(14-7-5-4-6-8-14)18(21-13(2)22)15-9-11-16(20)12-10-15/h4-12H,3H2,1-2H3,(H,21,22)/b18-17-. The second-order valence-electron chi connectivity index (χ2n) is 5.02. The molecule has 0 unspecified atom stereocenters. The SMILES string of the molecule is CCOC(=O)/C(=C(\NC(C)=O)c1ccc(F)cc1)c1ccccc1. The maximum absolute atomic E-state index is 13.2. The fourth-order valence-electron chi connectivity index (χ4n) is 2.24. The van der Waals surface area contributed by atoms with Crippen LogP contribution in [0.15, 0.2) is 54.6 Å². The number of esters is 1. The lowest BCUT2D eigenvalue weighted by molar-refractivity contribution is -0.136. The van der Waals surface area contributed by atoms with Crippen LogP contribution in [0.5, 0.6) is 0 Å². The van der Waals surface area contributed by atoms with Gasteiger partial charge in [-0.05, 0) is 42.3 Å². The first-order valence-corrected chi connectivity index (χ1v) is 7.53. The Hall–Kier alpha value is -2.95. The van der Waals surface area contributed by atoms with E-state index < -0.39 is 11.8 Å². The van der Waals surface area contributed by atoms with Crippen LogP contribution < -0.4 is 5.32 Å². The van der Waals surface area contributed by atoms with Crippen molar-refractivity contribution in [2.45, 2.75) is 13.8 Å². The molecule has 0 spiro atoms. The highest BCUT2D eigenvalue weighted by atomic mass is 19.1. The van der Waals surface area contributed by atoms with Crippen molar-refractivity contribution in [3.05, 3.63) is 71.5 Å². The minimum Gasteiger partial charge on any atom is -0.462 e. The molecule has 5 heteroatoms. The van der Waals surface area contributed by atoms with Gasteiger partial charge in [-0.3, -0.25) is 4.79 Å². The zero-order valence-corrected chi connectivity index (χ0v) is 13.5. The largest absolute Gasteiger partial charge is 0.462 e. The third-order valence-corrected chi connectivity index (χ3v) is 3.23. The smallest absolute Gasteiger partial charge is 0.340 e. The fourth-order valence-corrected chi connectivity index (χ4v) is 2.24. The molecule has 24 heavy (non-hydrogen) atoms. The van der Waals surface area contributed by atoms with E-state index in [2.05, 4.69) is 5.32 Å². The first kappa shape index (κ1) is 17.4. The van der Waals surface area contributed by atoms with E-state index in [9.17, 15) is 14.0 Å². The predicted octanol–water partition coefficient (Wildman–Crippen LogP) is 3.39. The highest BCUT2D eigenvalue weighted by Crippen LogP contribution is 2.26. The molecule has 124 valence electrons. The zero-order chi connectivity index (χ0) is 17.5. The minimum absolute atomic E-state index is 0.200. The minimum atomic E-state index is -0.559. The van der Waals surface area contributed by atoms with Crippen molar-refractivity contribution in [2.75, 3.05) is 6.61 Å². The molecule has 0 aromatic heterocycles. The van der Waals surface area contributed by atoms with E-state index in [1.165, 1.54) is 31.2 Å². The normalized spacial score (nSPS) is 11.5.